The lowest BCUT2D eigenvalue weighted by atomic mass is 10.00. The van der Waals surface area contributed by atoms with Crippen LogP contribution in [0.4, 0.5) is 37.7 Å². The normalized spacial score (nSPS) is 13.8. The first-order valence-electron chi connectivity index (χ1n) is 12.2. The van der Waals surface area contributed by atoms with Crippen LogP contribution in [0.25, 0.3) is 0 Å². The van der Waals surface area contributed by atoms with Gasteiger partial charge >= 0.3 is 12.4 Å². The van der Waals surface area contributed by atoms with Crippen molar-refractivity contribution in [3.63, 3.8) is 0 Å². The molecule has 0 fully saturated rings. The van der Waals surface area contributed by atoms with E-state index in [1.54, 1.807) is 0 Å². The maximum Gasteiger partial charge on any atom is 0.418 e. The van der Waals surface area contributed by atoms with Gasteiger partial charge in [-0.1, -0.05) is 39.8 Å². The molecular weight excluding hydrogens is 514 g/mol. The lowest BCUT2D eigenvalue weighted by Gasteiger charge is -2.40. The average molecular weight is 547 g/mol. The largest absolute Gasteiger partial charge is 0.418 e. The Kier molecular flexibility index (Phi) is 10.2. The Morgan fingerprint density at radius 2 is 1.63 bits per heavy atom. The highest BCUT2D eigenvalue weighted by molar-refractivity contribution is 6.06. The molecule has 0 atom stereocenters. The van der Waals surface area contributed by atoms with Gasteiger partial charge in [0, 0.05) is 18.7 Å². The Morgan fingerprint density at radius 3 is 2.16 bits per heavy atom. The van der Waals surface area contributed by atoms with Crippen LogP contribution in [0.3, 0.4) is 0 Å². The molecule has 2 aromatic carbocycles. The van der Waals surface area contributed by atoms with Crippen molar-refractivity contribution in [1.29, 1.82) is 0 Å². The van der Waals surface area contributed by atoms with Crippen molar-refractivity contribution in [3.8, 4) is 0 Å². The van der Waals surface area contributed by atoms with Crippen LogP contribution < -0.4 is 15.5 Å². The predicted molar refractivity (Wildman–Crippen MR) is 134 cm³/mol. The van der Waals surface area contributed by atoms with Gasteiger partial charge in [0.05, 0.1) is 35.6 Å². The van der Waals surface area contributed by atoms with E-state index < -0.39 is 47.5 Å². The minimum Gasteiger partial charge on any atom is -0.366 e. The van der Waals surface area contributed by atoms with Crippen molar-refractivity contribution in [1.82, 2.24) is 4.90 Å². The second kappa shape index (κ2) is 12.5. The van der Waals surface area contributed by atoms with Gasteiger partial charge in [-0.2, -0.15) is 26.3 Å². The standard InChI is InChI=1S/C24H26F6N4O2.C2H6/c1-3-32(4-2)8-9-33-14-20(35)34(13-15-6-5-7-17(10-15)23(25,26)27)21-18(24(28,29)30)11-16(22(31)36)12-19(21)33;1-2/h5-7,10-12H,3-4,8-9,13-14H2,1-2H3,(H2,31,36);1-2H3. The van der Waals surface area contributed by atoms with Crippen LogP contribution in [0.15, 0.2) is 36.4 Å². The molecule has 0 bridgehead atoms. The molecule has 3 rings (SSSR count). The van der Waals surface area contributed by atoms with Crippen LogP contribution in [0.1, 0.15) is 54.7 Å². The molecule has 0 radical (unpaired) electrons. The molecule has 2 N–H and O–H groups in total. The molecule has 2 amide bonds. The van der Waals surface area contributed by atoms with E-state index in [1.165, 1.54) is 17.0 Å². The molecule has 1 aliphatic heterocycles. The van der Waals surface area contributed by atoms with E-state index in [-0.39, 0.29) is 29.9 Å². The number of hydrogen-bond acceptors (Lipinski definition) is 4. The summed E-state index contributed by atoms with van der Waals surface area (Å²) in [6.45, 7) is 9.01. The van der Waals surface area contributed by atoms with Crippen LogP contribution in [0.5, 0.6) is 0 Å². The highest BCUT2D eigenvalue weighted by Gasteiger charge is 2.42. The SMILES string of the molecule is CC.CCN(CC)CCN1CC(=O)N(Cc2cccc(C(F)(F)F)c2)c2c1cc(C(N)=O)cc2C(F)(F)F. The fraction of sp³-hybridized carbons (Fsp3) is 0.462. The lowest BCUT2D eigenvalue weighted by Crippen LogP contribution is -2.48. The molecular formula is C26H32F6N4O2. The maximum atomic E-state index is 14.2. The van der Waals surface area contributed by atoms with Gasteiger partial charge in [-0.15, -0.1) is 0 Å². The molecule has 0 aliphatic carbocycles. The maximum absolute atomic E-state index is 14.2. The highest BCUT2D eigenvalue weighted by atomic mass is 19.4. The topological polar surface area (TPSA) is 69.9 Å². The monoisotopic (exact) mass is 546 g/mol. The Balaban J connectivity index is 0.00000247. The van der Waals surface area contributed by atoms with E-state index in [4.69, 9.17) is 5.73 Å². The van der Waals surface area contributed by atoms with E-state index >= 15 is 0 Å². The highest BCUT2D eigenvalue weighted by Crippen LogP contribution is 2.45. The van der Waals surface area contributed by atoms with Crippen LogP contribution in [0, 0.1) is 0 Å². The number of likely N-dealkylation sites (N-methyl/N-ethyl adjacent to an activating group) is 1. The summed E-state index contributed by atoms with van der Waals surface area (Å²) in [6, 6.07) is 5.84. The van der Waals surface area contributed by atoms with Crippen molar-refractivity contribution >= 4 is 23.2 Å². The zero-order valence-corrected chi connectivity index (χ0v) is 21.7. The number of amides is 2. The van der Waals surface area contributed by atoms with Gasteiger partial charge in [0.15, 0.2) is 0 Å². The zero-order valence-electron chi connectivity index (χ0n) is 21.7. The number of rotatable bonds is 8. The summed E-state index contributed by atoms with van der Waals surface area (Å²) in [5.41, 5.74) is 2.13. The van der Waals surface area contributed by atoms with Gasteiger partial charge in [-0.25, -0.2) is 0 Å². The number of benzene rings is 2. The number of hydrogen-bond donors (Lipinski definition) is 1. The van der Waals surface area contributed by atoms with E-state index in [0.717, 1.165) is 23.1 Å². The molecule has 0 spiro atoms. The number of carbonyl (C=O) groups is 2. The van der Waals surface area contributed by atoms with E-state index in [0.29, 0.717) is 25.7 Å². The molecule has 12 heteroatoms. The molecule has 210 valence electrons. The van der Waals surface area contributed by atoms with Crippen molar-refractivity contribution in [2.75, 3.05) is 42.5 Å². The van der Waals surface area contributed by atoms with Crippen molar-refractivity contribution in [3.05, 3.63) is 58.7 Å². The number of nitrogens with zero attached hydrogens (tertiary/aromatic N) is 3. The Hall–Kier alpha value is -3.28. The number of carbonyl (C=O) groups excluding carboxylic acids is 2. The summed E-state index contributed by atoms with van der Waals surface area (Å²) < 4.78 is 82.0. The van der Waals surface area contributed by atoms with Crippen LogP contribution in [-0.2, 0) is 23.7 Å². The number of primary amides is 1. The van der Waals surface area contributed by atoms with Crippen LogP contribution >= 0.6 is 0 Å². The second-order valence-corrected chi connectivity index (χ2v) is 8.38. The smallest absolute Gasteiger partial charge is 0.366 e. The summed E-state index contributed by atoms with van der Waals surface area (Å²) in [7, 11) is 0. The fourth-order valence-corrected chi connectivity index (χ4v) is 4.16. The van der Waals surface area contributed by atoms with Gasteiger partial charge in [0.1, 0.15) is 0 Å². The molecule has 0 saturated carbocycles. The molecule has 2 aromatic rings. The number of nitrogens with two attached hydrogens (primary N) is 1. The number of halogens is 6. The van der Waals surface area contributed by atoms with Crippen LogP contribution in [-0.4, -0.2) is 49.4 Å². The molecule has 0 aromatic heterocycles. The van der Waals surface area contributed by atoms with Gasteiger partial charge < -0.3 is 20.4 Å². The molecule has 6 nitrogen and oxygen atoms in total. The minimum atomic E-state index is -4.97. The van der Waals surface area contributed by atoms with Gasteiger partial charge in [0.2, 0.25) is 11.8 Å². The molecule has 38 heavy (non-hydrogen) atoms. The van der Waals surface area contributed by atoms with E-state index in [1.807, 2.05) is 32.6 Å². The first-order chi connectivity index (χ1) is 17.8. The quantitative estimate of drug-likeness (QED) is 0.442. The summed E-state index contributed by atoms with van der Waals surface area (Å²) in [5, 5.41) is 0. The van der Waals surface area contributed by atoms with Crippen molar-refractivity contribution in [2.45, 2.75) is 46.6 Å². The summed E-state index contributed by atoms with van der Waals surface area (Å²) in [4.78, 5) is 29.3. The van der Waals surface area contributed by atoms with E-state index in [2.05, 4.69) is 0 Å². The predicted octanol–water partition coefficient (Wildman–Crippen LogP) is 5.54. The Morgan fingerprint density at radius 1 is 1.00 bits per heavy atom. The number of fused-ring (bicyclic) bond motifs is 1. The van der Waals surface area contributed by atoms with E-state index in [9.17, 15) is 35.9 Å². The summed E-state index contributed by atoms with van der Waals surface area (Å²) in [5.74, 6) is -1.79. The summed E-state index contributed by atoms with van der Waals surface area (Å²) >= 11 is 0. The first-order valence-corrected chi connectivity index (χ1v) is 12.2. The fourth-order valence-electron chi connectivity index (χ4n) is 4.16. The number of anilines is 2. The Bertz CT molecular complexity index is 1130. The van der Waals surface area contributed by atoms with Gasteiger partial charge in [0.25, 0.3) is 0 Å². The second-order valence-electron chi connectivity index (χ2n) is 8.38. The Labute approximate surface area is 218 Å². The summed E-state index contributed by atoms with van der Waals surface area (Å²) in [6.07, 6.45) is -9.63. The van der Waals surface area contributed by atoms with Crippen molar-refractivity contribution < 1.29 is 35.9 Å². The van der Waals surface area contributed by atoms with Gasteiger partial charge in [-0.3, -0.25) is 9.59 Å². The molecule has 0 saturated heterocycles. The minimum absolute atomic E-state index is 0.00724. The lowest BCUT2D eigenvalue weighted by molar-refractivity contribution is -0.138. The molecule has 1 heterocycles. The van der Waals surface area contributed by atoms with Crippen molar-refractivity contribution in [2.24, 2.45) is 5.73 Å². The average Bonchev–Trinajstić information content (AvgIpc) is 2.86. The third-order valence-electron chi connectivity index (χ3n) is 6.09. The number of alkyl halides is 6. The molecule has 0 unspecified atom stereocenters. The third-order valence-corrected chi connectivity index (χ3v) is 6.09. The van der Waals surface area contributed by atoms with Gasteiger partial charge in [-0.05, 0) is 42.9 Å². The third kappa shape index (κ3) is 7.18. The zero-order chi connectivity index (χ0) is 28.8. The van der Waals surface area contributed by atoms with Crippen LogP contribution in [0.2, 0.25) is 0 Å². The first kappa shape index (κ1) is 30.9. The molecule has 1 aliphatic rings.